The molecular weight excluding hydrogens is 335 g/mol. The molecule has 2 aromatic rings. The van der Waals surface area contributed by atoms with Gasteiger partial charge in [-0.1, -0.05) is 30.3 Å². The summed E-state index contributed by atoms with van der Waals surface area (Å²) in [7, 11) is -4.00. The third kappa shape index (κ3) is 2.32. The fourth-order valence-corrected chi connectivity index (χ4v) is 5.69. The average Bonchev–Trinajstić information content (AvgIpc) is 3.27. The minimum atomic E-state index is -4.00. The lowest BCUT2D eigenvalue weighted by Crippen LogP contribution is -2.27. The maximum Gasteiger partial charge on any atom is 0.314 e. The highest BCUT2D eigenvalue weighted by Crippen LogP contribution is 2.64. The Morgan fingerprint density at radius 3 is 2.33 bits per heavy atom. The Balaban J connectivity index is 2.13. The van der Waals surface area contributed by atoms with E-state index in [2.05, 4.69) is 0 Å². The highest BCUT2D eigenvalue weighted by atomic mass is 32.2. The van der Waals surface area contributed by atoms with E-state index in [0.29, 0.717) is 0 Å². The molecule has 0 radical (unpaired) electrons. The van der Waals surface area contributed by atoms with Crippen molar-refractivity contribution in [1.29, 1.82) is 0 Å². The summed E-state index contributed by atoms with van der Waals surface area (Å²) >= 11 is 0. The van der Waals surface area contributed by atoms with Crippen LogP contribution in [0, 0.1) is 11.2 Å². The van der Waals surface area contributed by atoms with E-state index in [1.807, 2.05) is 0 Å². The summed E-state index contributed by atoms with van der Waals surface area (Å²) in [6.07, 6.45) is 0. The van der Waals surface area contributed by atoms with Gasteiger partial charge in [0, 0.05) is 5.92 Å². The summed E-state index contributed by atoms with van der Waals surface area (Å²) in [4.78, 5) is 11.7. The lowest BCUT2D eigenvalue weighted by Gasteiger charge is -2.09. The summed E-state index contributed by atoms with van der Waals surface area (Å²) in [6.45, 7) is -0.847. The van der Waals surface area contributed by atoms with E-state index in [-0.39, 0.29) is 10.5 Å². The van der Waals surface area contributed by atoms with Gasteiger partial charge in [-0.25, -0.2) is 12.8 Å². The number of rotatable bonds is 5. The summed E-state index contributed by atoms with van der Waals surface area (Å²) in [5.74, 6) is -3.02. The minimum absolute atomic E-state index is 0.0204. The molecular formula is C17H15FO5S. The van der Waals surface area contributed by atoms with Crippen LogP contribution in [0.4, 0.5) is 4.39 Å². The fourth-order valence-electron chi connectivity index (χ4n) is 3.30. The summed E-state index contributed by atoms with van der Waals surface area (Å²) in [5, 5.41) is 17.9. The zero-order chi connectivity index (χ0) is 17.5. The van der Waals surface area contributed by atoms with Gasteiger partial charge in [0.1, 0.15) is 11.2 Å². The van der Waals surface area contributed by atoms with Crippen molar-refractivity contribution >= 4 is 15.8 Å². The standard InChI is InChI=1S/C17H15FO5S/c18-12-6-4-5-11(9-12)14-15(17(14,10-19)16(20)21)24(22,23)13-7-2-1-3-8-13/h1-9,14-15,19H,10H2,(H,20,21)/t14-,15-,17-/m0/s1. The molecule has 7 heteroatoms. The number of hydrogen-bond donors (Lipinski definition) is 2. The second kappa shape index (κ2) is 5.68. The minimum Gasteiger partial charge on any atom is -0.481 e. The monoisotopic (exact) mass is 350 g/mol. The van der Waals surface area contributed by atoms with E-state index in [9.17, 15) is 27.8 Å². The Hall–Kier alpha value is -2.25. The van der Waals surface area contributed by atoms with Crippen LogP contribution in [0.15, 0.2) is 59.5 Å². The molecule has 1 saturated carbocycles. The van der Waals surface area contributed by atoms with Crippen molar-refractivity contribution in [2.45, 2.75) is 16.1 Å². The largest absolute Gasteiger partial charge is 0.481 e. The summed E-state index contributed by atoms with van der Waals surface area (Å²) in [5.41, 5.74) is -1.63. The molecule has 1 fully saturated rings. The van der Waals surface area contributed by atoms with Gasteiger partial charge in [-0.2, -0.15) is 0 Å². The van der Waals surface area contributed by atoms with Gasteiger partial charge in [-0.15, -0.1) is 0 Å². The summed E-state index contributed by atoms with van der Waals surface area (Å²) in [6, 6.07) is 12.6. The molecule has 0 heterocycles. The molecule has 0 spiro atoms. The SMILES string of the molecule is O=C(O)[C@@]1(CO)[C@@H](c2cccc(F)c2)[C@@H]1S(=O)(=O)c1ccccc1. The second-order valence-corrected chi connectivity index (χ2v) is 7.88. The number of aliphatic hydroxyl groups excluding tert-OH is 1. The zero-order valence-electron chi connectivity index (χ0n) is 12.5. The molecule has 0 aliphatic heterocycles. The third-order valence-electron chi connectivity index (χ3n) is 4.53. The van der Waals surface area contributed by atoms with Crippen LogP contribution in [-0.4, -0.2) is 36.5 Å². The van der Waals surface area contributed by atoms with Gasteiger partial charge in [0.2, 0.25) is 0 Å². The van der Waals surface area contributed by atoms with Crippen LogP contribution in [0.2, 0.25) is 0 Å². The Morgan fingerprint density at radius 2 is 1.79 bits per heavy atom. The Kier molecular flexibility index (Phi) is 3.93. The van der Waals surface area contributed by atoms with Crippen molar-refractivity contribution < 1.29 is 27.8 Å². The van der Waals surface area contributed by atoms with Gasteiger partial charge in [-0.3, -0.25) is 4.79 Å². The Morgan fingerprint density at radius 1 is 1.12 bits per heavy atom. The lowest BCUT2D eigenvalue weighted by atomic mass is 10.00. The van der Waals surface area contributed by atoms with Crippen molar-refractivity contribution in [3.05, 3.63) is 66.0 Å². The van der Waals surface area contributed by atoms with E-state index < -0.39 is 44.8 Å². The molecule has 3 rings (SSSR count). The molecule has 126 valence electrons. The van der Waals surface area contributed by atoms with Crippen LogP contribution in [0.1, 0.15) is 11.5 Å². The lowest BCUT2D eigenvalue weighted by molar-refractivity contribution is -0.145. The average molecular weight is 350 g/mol. The molecule has 0 amide bonds. The van der Waals surface area contributed by atoms with E-state index in [4.69, 9.17) is 0 Å². The molecule has 1 aliphatic carbocycles. The predicted molar refractivity (Wildman–Crippen MR) is 83.7 cm³/mol. The van der Waals surface area contributed by atoms with Gasteiger partial charge in [0.25, 0.3) is 0 Å². The number of hydrogen-bond acceptors (Lipinski definition) is 4. The van der Waals surface area contributed by atoms with Gasteiger partial charge in [0.15, 0.2) is 9.84 Å². The van der Waals surface area contributed by atoms with Crippen LogP contribution in [-0.2, 0) is 14.6 Å². The zero-order valence-corrected chi connectivity index (χ0v) is 13.3. The number of sulfone groups is 1. The van der Waals surface area contributed by atoms with Crippen molar-refractivity contribution in [1.82, 2.24) is 0 Å². The van der Waals surface area contributed by atoms with E-state index in [1.165, 1.54) is 42.5 Å². The molecule has 2 aromatic carbocycles. The first-order chi connectivity index (χ1) is 11.4. The Labute approximate surface area is 138 Å². The van der Waals surface area contributed by atoms with Gasteiger partial charge in [0.05, 0.1) is 16.8 Å². The quantitative estimate of drug-likeness (QED) is 0.858. The number of carboxylic acids is 1. The van der Waals surface area contributed by atoms with Crippen LogP contribution < -0.4 is 0 Å². The van der Waals surface area contributed by atoms with E-state index >= 15 is 0 Å². The Bertz CT molecular complexity index is 881. The van der Waals surface area contributed by atoms with Crippen LogP contribution in [0.5, 0.6) is 0 Å². The van der Waals surface area contributed by atoms with Crippen molar-refractivity contribution in [3.8, 4) is 0 Å². The maximum absolute atomic E-state index is 13.5. The van der Waals surface area contributed by atoms with E-state index in [0.717, 1.165) is 6.07 Å². The van der Waals surface area contributed by atoms with Crippen molar-refractivity contribution in [3.63, 3.8) is 0 Å². The van der Waals surface area contributed by atoms with Gasteiger partial charge < -0.3 is 10.2 Å². The first kappa shape index (κ1) is 16.6. The number of halogens is 1. The van der Waals surface area contributed by atoms with Gasteiger partial charge >= 0.3 is 5.97 Å². The van der Waals surface area contributed by atoms with Crippen molar-refractivity contribution in [2.75, 3.05) is 6.61 Å². The number of aliphatic hydroxyl groups is 1. The molecule has 0 unspecified atom stereocenters. The molecule has 24 heavy (non-hydrogen) atoms. The van der Waals surface area contributed by atoms with Crippen LogP contribution >= 0.6 is 0 Å². The normalized spacial score (nSPS) is 26.1. The highest BCUT2D eigenvalue weighted by molar-refractivity contribution is 7.92. The first-order valence-electron chi connectivity index (χ1n) is 7.24. The molecule has 5 nitrogen and oxygen atoms in total. The molecule has 0 saturated heterocycles. The van der Waals surface area contributed by atoms with Gasteiger partial charge in [-0.05, 0) is 29.8 Å². The molecule has 1 aliphatic rings. The molecule has 0 aromatic heterocycles. The van der Waals surface area contributed by atoms with Crippen LogP contribution in [0.3, 0.4) is 0 Å². The number of benzene rings is 2. The number of aliphatic carboxylic acids is 1. The highest BCUT2D eigenvalue weighted by Gasteiger charge is 2.75. The maximum atomic E-state index is 13.5. The third-order valence-corrected chi connectivity index (χ3v) is 6.82. The number of carbonyl (C=O) groups is 1. The van der Waals surface area contributed by atoms with E-state index in [1.54, 1.807) is 6.07 Å². The molecule has 3 atom stereocenters. The fraction of sp³-hybridized carbons (Fsp3) is 0.235. The number of carboxylic acid groups (broad SMARTS) is 1. The van der Waals surface area contributed by atoms with Crippen molar-refractivity contribution in [2.24, 2.45) is 5.41 Å². The topological polar surface area (TPSA) is 91.7 Å². The first-order valence-corrected chi connectivity index (χ1v) is 8.79. The molecule has 2 N–H and O–H groups in total. The van der Waals surface area contributed by atoms with Crippen LogP contribution in [0.25, 0.3) is 0 Å². The predicted octanol–water partition coefficient (Wildman–Crippen LogP) is 1.83. The summed E-state index contributed by atoms with van der Waals surface area (Å²) < 4.78 is 39.2. The second-order valence-electron chi connectivity index (χ2n) is 5.81. The molecule has 0 bridgehead atoms. The smallest absolute Gasteiger partial charge is 0.314 e.